The highest BCUT2D eigenvalue weighted by Gasteiger charge is 2.52. The maximum absolute atomic E-state index is 13.8. The number of fused-ring (bicyclic) bond motifs is 2. The number of likely N-dealkylation sites (N-methyl/N-ethyl adjacent to an activating group) is 1. The van der Waals surface area contributed by atoms with E-state index >= 15 is 0 Å². The fourth-order valence-electron chi connectivity index (χ4n) is 4.81. The molecule has 31 heavy (non-hydrogen) atoms. The minimum atomic E-state index is -4.78. The molecule has 2 heterocycles. The van der Waals surface area contributed by atoms with Crippen molar-refractivity contribution in [3.63, 3.8) is 0 Å². The smallest absolute Gasteiger partial charge is 0.340 e. The lowest BCUT2D eigenvalue weighted by Crippen LogP contribution is -2.52. The first-order valence-electron chi connectivity index (χ1n) is 11.5. The van der Waals surface area contributed by atoms with Crippen molar-refractivity contribution in [2.45, 2.75) is 51.4 Å². The largest absolute Gasteiger partial charge is 0.417 e. The average Bonchev–Trinajstić information content (AvgIpc) is 3.33. The second kappa shape index (κ2) is 7.56. The summed E-state index contributed by atoms with van der Waals surface area (Å²) in [5.74, 6) is -1.20. The van der Waals surface area contributed by atoms with Gasteiger partial charge in [-0.25, -0.2) is 4.98 Å². The molecule has 0 N–H and O–H groups in total. The predicted octanol–water partition coefficient (Wildman–Crippen LogP) is 4.61. The van der Waals surface area contributed by atoms with Crippen LogP contribution in [-0.2, 0) is 11.0 Å². The summed E-state index contributed by atoms with van der Waals surface area (Å²) in [7, 11) is 0. The second-order valence-corrected chi connectivity index (χ2v) is 8.21. The molecule has 2 fully saturated rings. The van der Waals surface area contributed by atoms with Crippen LogP contribution >= 0.6 is 0 Å². The van der Waals surface area contributed by atoms with Gasteiger partial charge in [-0.2, -0.15) is 18.4 Å². The highest BCUT2D eigenvalue weighted by atomic mass is 19.4. The summed E-state index contributed by atoms with van der Waals surface area (Å²) in [4.78, 5) is 20.3. The molecule has 0 unspecified atom stereocenters. The predicted molar refractivity (Wildman–Crippen MR) is 111 cm³/mol. The Hall–Kier alpha value is -3.08. The Morgan fingerprint density at radius 2 is 2.10 bits per heavy atom. The molecule has 2 bridgehead atoms. The topological polar surface area (TPSA) is 60.2 Å². The van der Waals surface area contributed by atoms with Gasteiger partial charge in [-0.1, -0.05) is 12.1 Å². The lowest BCUT2D eigenvalue weighted by atomic mass is 9.96. The zero-order valence-electron chi connectivity index (χ0n) is 20.1. The quantitative estimate of drug-likeness (QED) is 0.712. The fourth-order valence-corrected chi connectivity index (χ4v) is 4.81. The summed E-state index contributed by atoms with van der Waals surface area (Å²) in [5.41, 5.74) is -0.772. The Morgan fingerprint density at radius 3 is 2.74 bits per heavy atom. The number of pyridine rings is 1. The number of carbonyl (C=O) groups excluding carboxylic acids is 1. The first-order chi connectivity index (χ1) is 15.8. The van der Waals surface area contributed by atoms with Gasteiger partial charge in [0, 0.05) is 28.5 Å². The maximum atomic E-state index is 13.8. The minimum Gasteiger partial charge on any atom is -0.340 e. The molecule has 3 atom stereocenters. The van der Waals surface area contributed by atoms with Crippen LogP contribution in [0.2, 0.25) is 0 Å². The normalized spacial score (nSPS) is 24.3. The van der Waals surface area contributed by atoms with E-state index in [1.807, 2.05) is 0 Å². The van der Waals surface area contributed by atoms with E-state index in [9.17, 15) is 23.2 Å². The van der Waals surface area contributed by atoms with Gasteiger partial charge in [-0.05, 0) is 62.8 Å². The van der Waals surface area contributed by atoms with Crippen LogP contribution in [0.5, 0.6) is 0 Å². The molecular formula is C23H23F3N4O. The van der Waals surface area contributed by atoms with Gasteiger partial charge in [-0.15, -0.1) is 0 Å². The maximum Gasteiger partial charge on any atom is 0.417 e. The molecule has 2 aliphatic rings. The number of anilines is 2. The summed E-state index contributed by atoms with van der Waals surface area (Å²) in [5, 5.41) is 9.65. The number of amides is 1. The standard InChI is InChI=1S/C23H23F3N4O/c1-13-5-4-6-16(9-13)29(3)22(31)20-15-7-8-17(11-15)30(20)21-18(12-27)19(23(24,25)26)10-14(2)28-21/h4-6,9-10,15,17,20H,7-8,11H2,1-3H3/t15-,17+,20-/m0/s1/i3D3. The molecule has 4 rings (SSSR count). The van der Waals surface area contributed by atoms with E-state index in [0.717, 1.165) is 16.5 Å². The molecule has 8 heteroatoms. The van der Waals surface area contributed by atoms with E-state index < -0.39 is 36.2 Å². The molecule has 1 saturated heterocycles. The number of nitriles is 1. The average molecular weight is 431 g/mol. The number of nitrogens with zero attached hydrogens (tertiary/aromatic N) is 4. The van der Waals surface area contributed by atoms with Crippen LogP contribution in [-0.4, -0.2) is 30.0 Å². The van der Waals surface area contributed by atoms with E-state index in [4.69, 9.17) is 4.11 Å². The van der Waals surface area contributed by atoms with Crippen LogP contribution in [0, 0.1) is 31.1 Å². The van der Waals surface area contributed by atoms with Crippen molar-refractivity contribution < 1.29 is 22.1 Å². The Bertz CT molecular complexity index is 1180. The molecule has 1 amide bonds. The van der Waals surface area contributed by atoms with Crippen molar-refractivity contribution in [2.75, 3.05) is 16.8 Å². The number of benzene rings is 1. The van der Waals surface area contributed by atoms with E-state index in [1.54, 1.807) is 31.2 Å². The summed E-state index contributed by atoms with van der Waals surface area (Å²) < 4.78 is 65.3. The van der Waals surface area contributed by atoms with Crippen LogP contribution in [0.1, 0.15) is 45.8 Å². The molecule has 5 nitrogen and oxygen atoms in total. The Labute approximate surface area is 183 Å². The summed E-state index contributed by atoms with van der Waals surface area (Å²) >= 11 is 0. The van der Waals surface area contributed by atoms with Crippen LogP contribution in [0.15, 0.2) is 30.3 Å². The van der Waals surface area contributed by atoms with Gasteiger partial charge >= 0.3 is 6.18 Å². The first-order valence-corrected chi connectivity index (χ1v) is 10.0. The zero-order chi connectivity index (χ0) is 25.0. The van der Waals surface area contributed by atoms with E-state index in [2.05, 4.69) is 4.98 Å². The fraction of sp³-hybridized carbons (Fsp3) is 0.435. The Kier molecular flexibility index (Phi) is 4.29. The number of carbonyl (C=O) groups is 1. The van der Waals surface area contributed by atoms with Gasteiger partial charge in [-0.3, -0.25) is 4.79 Å². The van der Waals surface area contributed by atoms with E-state index in [-0.39, 0.29) is 29.2 Å². The number of aryl methyl sites for hydroxylation is 2. The molecule has 1 aromatic carbocycles. The van der Waals surface area contributed by atoms with Crippen LogP contribution in [0.25, 0.3) is 0 Å². The molecule has 1 aromatic heterocycles. The van der Waals surface area contributed by atoms with Crippen molar-refractivity contribution >= 4 is 17.4 Å². The summed E-state index contributed by atoms with van der Waals surface area (Å²) in [6, 6.07) is 7.60. The molecule has 0 radical (unpaired) electrons. The highest BCUT2D eigenvalue weighted by Crippen LogP contribution is 2.47. The first kappa shape index (κ1) is 17.6. The number of halogens is 3. The summed E-state index contributed by atoms with van der Waals surface area (Å²) in [6.45, 7) is 0.351. The van der Waals surface area contributed by atoms with Gasteiger partial charge < -0.3 is 9.80 Å². The molecule has 162 valence electrons. The third kappa shape index (κ3) is 3.62. The molecule has 1 saturated carbocycles. The zero-order valence-corrected chi connectivity index (χ0v) is 17.1. The van der Waals surface area contributed by atoms with Gasteiger partial charge in [0.25, 0.3) is 0 Å². The Balaban J connectivity index is 1.86. The number of rotatable bonds is 3. The highest BCUT2D eigenvalue weighted by molar-refractivity contribution is 5.99. The molecule has 1 aliphatic carbocycles. The monoisotopic (exact) mass is 431 g/mol. The minimum absolute atomic E-state index is 0.0571. The Morgan fingerprint density at radius 1 is 1.32 bits per heavy atom. The van der Waals surface area contributed by atoms with Gasteiger partial charge in [0.05, 0.1) is 5.56 Å². The third-order valence-corrected chi connectivity index (χ3v) is 6.11. The van der Waals surface area contributed by atoms with Crippen LogP contribution in [0.3, 0.4) is 0 Å². The van der Waals surface area contributed by atoms with Gasteiger partial charge in [0.1, 0.15) is 23.5 Å². The summed E-state index contributed by atoms with van der Waals surface area (Å²) in [6.07, 6.45) is -3.01. The van der Waals surface area contributed by atoms with Gasteiger partial charge in [0.2, 0.25) is 5.91 Å². The van der Waals surface area contributed by atoms with Crippen molar-refractivity contribution in [1.82, 2.24) is 4.98 Å². The van der Waals surface area contributed by atoms with E-state index in [1.165, 1.54) is 17.9 Å². The lowest BCUT2D eigenvalue weighted by molar-refractivity contribution is -0.137. The van der Waals surface area contributed by atoms with Gasteiger partial charge in [0.15, 0.2) is 0 Å². The van der Waals surface area contributed by atoms with Crippen molar-refractivity contribution in [1.29, 1.82) is 5.26 Å². The van der Waals surface area contributed by atoms with Crippen molar-refractivity contribution in [2.24, 2.45) is 5.92 Å². The second-order valence-electron chi connectivity index (χ2n) is 8.21. The molecular weight excluding hydrogens is 405 g/mol. The lowest BCUT2D eigenvalue weighted by Gasteiger charge is -2.38. The molecule has 2 aromatic rings. The number of aromatic nitrogens is 1. The molecule has 1 aliphatic heterocycles. The van der Waals surface area contributed by atoms with Crippen LogP contribution < -0.4 is 9.80 Å². The van der Waals surface area contributed by atoms with Crippen LogP contribution in [0.4, 0.5) is 24.7 Å². The number of alkyl halides is 3. The van der Waals surface area contributed by atoms with Crippen molar-refractivity contribution in [3.05, 3.63) is 52.7 Å². The molecule has 0 spiro atoms. The number of hydrogen-bond acceptors (Lipinski definition) is 4. The SMILES string of the molecule is [2H]C([2H])([2H])N(C(=O)[C@@H]1[C@H]2CC[C@H](C2)N1c1nc(C)cc(C(F)(F)F)c1C#N)c1cccc(C)c1. The van der Waals surface area contributed by atoms with Crippen molar-refractivity contribution in [3.8, 4) is 6.07 Å². The third-order valence-electron chi connectivity index (χ3n) is 6.11. The van der Waals surface area contributed by atoms with E-state index in [0.29, 0.717) is 19.3 Å². The number of hydrogen-bond donors (Lipinski definition) is 0. The number of piperidine rings is 1.